The first-order valence-electron chi connectivity index (χ1n) is 11.1. The second-order valence-electron chi connectivity index (χ2n) is 9.18. The Morgan fingerprint density at radius 3 is 2.37 bits per heavy atom. The van der Waals surface area contributed by atoms with Gasteiger partial charge in [-0.2, -0.15) is 4.68 Å². The SMILES string of the molecule is COc1ccc(-c2nn(C[NH+](CC(C)C)CC(C)C)c(=S)n2C[C@@H]2CCCO2)cc1. The van der Waals surface area contributed by atoms with Crippen LogP contribution in [-0.4, -0.2) is 47.3 Å². The van der Waals surface area contributed by atoms with Gasteiger partial charge in [-0.25, -0.2) is 0 Å². The number of nitrogens with zero attached hydrogens (tertiary/aromatic N) is 3. The lowest BCUT2D eigenvalue weighted by molar-refractivity contribution is -0.929. The van der Waals surface area contributed by atoms with Crippen molar-refractivity contribution in [3.05, 3.63) is 29.0 Å². The molecule has 2 aromatic rings. The van der Waals surface area contributed by atoms with Crippen molar-refractivity contribution < 1.29 is 14.4 Å². The van der Waals surface area contributed by atoms with Gasteiger partial charge >= 0.3 is 0 Å². The van der Waals surface area contributed by atoms with E-state index in [4.69, 9.17) is 26.8 Å². The van der Waals surface area contributed by atoms with Crippen molar-refractivity contribution in [2.24, 2.45) is 11.8 Å². The van der Waals surface area contributed by atoms with Crippen LogP contribution >= 0.6 is 12.2 Å². The molecule has 1 aromatic carbocycles. The van der Waals surface area contributed by atoms with Crippen molar-refractivity contribution in [1.29, 1.82) is 0 Å². The highest BCUT2D eigenvalue weighted by atomic mass is 32.1. The standard InChI is InChI=1S/C23H36N4O2S/c1-17(2)13-25(14-18(3)4)16-27-23(30)26(15-21-7-6-12-29-21)22(24-27)19-8-10-20(28-5)11-9-19/h8-11,17-18,21H,6-7,12-16H2,1-5H3/p+1/t21-/m0/s1. The summed E-state index contributed by atoms with van der Waals surface area (Å²) in [4.78, 5) is 1.51. The van der Waals surface area contributed by atoms with Gasteiger partial charge in [0.05, 0.1) is 32.8 Å². The fraction of sp³-hybridized carbons (Fsp3) is 0.652. The van der Waals surface area contributed by atoms with Gasteiger partial charge in [-0.05, 0) is 49.3 Å². The Labute approximate surface area is 185 Å². The summed E-state index contributed by atoms with van der Waals surface area (Å²) in [7, 11) is 1.68. The van der Waals surface area contributed by atoms with Crippen LogP contribution in [0.15, 0.2) is 24.3 Å². The molecule has 0 unspecified atom stereocenters. The van der Waals surface area contributed by atoms with E-state index >= 15 is 0 Å². The zero-order chi connectivity index (χ0) is 21.7. The quantitative estimate of drug-likeness (QED) is 0.583. The van der Waals surface area contributed by atoms with Crippen molar-refractivity contribution in [3.8, 4) is 17.1 Å². The van der Waals surface area contributed by atoms with E-state index in [1.54, 1.807) is 7.11 Å². The maximum Gasteiger partial charge on any atom is 0.203 e. The minimum atomic E-state index is 0.209. The first-order valence-corrected chi connectivity index (χ1v) is 11.6. The minimum absolute atomic E-state index is 0.209. The Kier molecular flexibility index (Phi) is 8.08. The van der Waals surface area contributed by atoms with Crippen LogP contribution < -0.4 is 9.64 Å². The summed E-state index contributed by atoms with van der Waals surface area (Å²) >= 11 is 5.91. The Hall–Kier alpha value is -1.70. The summed E-state index contributed by atoms with van der Waals surface area (Å²) in [5.74, 6) is 3.00. The van der Waals surface area contributed by atoms with Crippen LogP contribution in [0, 0.1) is 16.6 Å². The number of methoxy groups -OCH3 is 1. The lowest BCUT2D eigenvalue weighted by Crippen LogP contribution is -3.12. The molecule has 1 aliphatic rings. The topological polar surface area (TPSA) is 45.7 Å². The van der Waals surface area contributed by atoms with Crippen LogP contribution in [0.25, 0.3) is 11.4 Å². The van der Waals surface area contributed by atoms with Gasteiger partial charge in [0, 0.05) is 24.0 Å². The molecule has 7 heteroatoms. The maximum atomic E-state index is 5.91. The van der Waals surface area contributed by atoms with Gasteiger partial charge in [0.2, 0.25) is 4.77 Å². The molecule has 0 radical (unpaired) electrons. The molecule has 1 aliphatic heterocycles. The van der Waals surface area contributed by atoms with Gasteiger partial charge in [-0.15, -0.1) is 5.10 Å². The molecule has 3 rings (SSSR count). The molecule has 166 valence electrons. The molecule has 2 heterocycles. The number of nitrogens with one attached hydrogen (secondary N) is 1. The fourth-order valence-corrected chi connectivity index (χ4v) is 4.50. The number of hydrogen-bond donors (Lipinski definition) is 1. The third-order valence-corrected chi connectivity index (χ3v) is 5.88. The average Bonchev–Trinajstić information content (AvgIpc) is 3.31. The van der Waals surface area contributed by atoms with Crippen molar-refractivity contribution in [2.45, 2.75) is 59.9 Å². The van der Waals surface area contributed by atoms with E-state index in [-0.39, 0.29) is 6.10 Å². The summed E-state index contributed by atoms with van der Waals surface area (Å²) in [5.41, 5.74) is 1.05. The van der Waals surface area contributed by atoms with Crippen molar-refractivity contribution in [2.75, 3.05) is 26.8 Å². The molecular formula is C23H37N4O2S+. The lowest BCUT2D eigenvalue weighted by atomic mass is 10.1. The fourth-order valence-electron chi connectivity index (χ4n) is 4.23. The molecule has 6 nitrogen and oxygen atoms in total. The predicted octanol–water partition coefficient (Wildman–Crippen LogP) is 3.42. The average molecular weight is 434 g/mol. The van der Waals surface area contributed by atoms with Crippen molar-refractivity contribution in [1.82, 2.24) is 14.3 Å². The predicted molar refractivity (Wildman–Crippen MR) is 122 cm³/mol. The summed E-state index contributed by atoms with van der Waals surface area (Å²) in [6, 6.07) is 8.06. The molecule has 1 N–H and O–H groups in total. The molecule has 0 amide bonds. The summed E-state index contributed by atoms with van der Waals surface area (Å²) in [6.07, 6.45) is 2.40. The number of aromatic nitrogens is 3. The number of hydrogen-bond acceptors (Lipinski definition) is 4. The van der Waals surface area contributed by atoms with Gasteiger partial charge in [0.15, 0.2) is 12.5 Å². The van der Waals surface area contributed by atoms with Crippen LogP contribution in [0.5, 0.6) is 5.75 Å². The van der Waals surface area contributed by atoms with Crippen LogP contribution in [0.3, 0.4) is 0 Å². The van der Waals surface area contributed by atoms with E-state index in [1.165, 1.54) is 4.90 Å². The highest BCUT2D eigenvalue weighted by Gasteiger charge is 2.22. The second-order valence-corrected chi connectivity index (χ2v) is 9.55. The molecule has 0 bridgehead atoms. The Morgan fingerprint density at radius 1 is 1.17 bits per heavy atom. The minimum Gasteiger partial charge on any atom is -0.497 e. The third-order valence-electron chi connectivity index (χ3n) is 5.45. The van der Waals surface area contributed by atoms with E-state index in [0.717, 1.165) is 67.7 Å². The van der Waals surface area contributed by atoms with E-state index in [9.17, 15) is 0 Å². The van der Waals surface area contributed by atoms with Gasteiger partial charge in [-0.1, -0.05) is 27.7 Å². The van der Waals surface area contributed by atoms with Crippen molar-refractivity contribution in [3.63, 3.8) is 0 Å². The number of quaternary nitrogens is 1. The molecule has 1 fully saturated rings. The Balaban J connectivity index is 1.94. The highest BCUT2D eigenvalue weighted by molar-refractivity contribution is 7.71. The van der Waals surface area contributed by atoms with E-state index in [1.807, 2.05) is 16.8 Å². The molecular weight excluding hydrogens is 396 g/mol. The molecule has 0 spiro atoms. The molecule has 1 atom stereocenters. The number of rotatable bonds is 10. The zero-order valence-electron chi connectivity index (χ0n) is 19.1. The first-order chi connectivity index (χ1) is 14.4. The smallest absolute Gasteiger partial charge is 0.203 e. The third kappa shape index (κ3) is 5.93. The first kappa shape index (κ1) is 23.0. The maximum absolute atomic E-state index is 5.91. The Bertz CT molecular complexity index is 841. The second kappa shape index (κ2) is 10.6. The van der Waals surface area contributed by atoms with E-state index in [0.29, 0.717) is 11.8 Å². The molecule has 0 saturated carbocycles. The van der Waals surface area contributed by atoms with Gasteiger partial charge in [-0.3, -0.25) is 4.57 Å². The summed E-state index contributed by atoms with van der Waals surface area (Å²) in [5, 5.41) is 4.99. The summed E-state index contributed by atoms with van der Waals surface area (Å²) in [6.45, 7) is 13.7. The monoisotopic (exact) mass is 433 g/mol. The molecule has 1 saturated heterocycles. The summed E-state index contributed by atoms with van der Waals surface area (Å²) < 4.78 is 16.2. The van der Waals surface area contributed by atoms with Gasteiger partial charge < -0.3 is 14.4 Å². The van der Waals surface area contributed by atoms with Crippen LogP contribution in [-0.2, 0) is 18.0 Å². The molecule has 30 heavy (non-hydrogen) atoms. The van der Waals surface area contributed by atoms with Crippen LogP contribution in [0.1, 0.15) is 40.5 Å². The van der Waals surface area contributed by atoms with Crippen LogP contribution in [0.4, 0.5) is 0 Å². The van der Waals surface area contributed by atoms with E-state index in [2.05, 4.69) is 44.4 Å². The van der Waals surface area contributed by atoms with Crippen LogP contribution in [0.2, 0.25) is 0 Å². The largest absolute Gasteiger partial charge is 0.497 e. The normalized spacial score (nSPS) is 16.9. The highest BCUT2D eigenvalue weighted by Crippen LogP contribution is 2.24. The number of benzene rings is 1. The van der Waals surface area contributed by atoms with E-state index < -0.39 is 0 Å². The van der Waals surface area contributed by atoms with Gasteiger partial charge in [0.25, 0.3) is 0 Å². The Morgan fingerprint density at radius 2 is 1.83 bits per heavy atom. The van der Waals surface area contributed by atoms with Gasteiger partial charge in [0.1, 0.15) is 5.75 Å². The molecule has 0 aliphatic carbocycles. The lowest BCUT2D eigenvalue weighted by Gasteiger charge is -2.22. The van der Waals surface area contributed by atoms with Crippen molar-refractivity contribution >= 4 is 12.2 Å². The zero-order valence-corrected chi connectivity index (χ0v) is 19.9. The number of ether oxygens (including phenoxy) is 2. The molecule has 1 aromatic heterocycles.